The molecule has 0 aromatic heterocycles. The third kappa shape index (κ3) is 4.17. The van der Waals surface area contributed by atoms with E-state index in [2.05, 4.69) is 27.8 Å². The van der Waals surface area contributed by atoms with E-state index in [0.29, 0.717) is 6.04 Å². The highest BCUT2D eigenvalue weighted by atomic mass is 79.9. The van der Waals surface area contributed by atoms with Gasteiger partial charge in [0.15, 0.2) is 0 Å². The van der Waals surface area contributed by atoms with E-state index in [1.165, 1.54) is 0 Å². The van der Waals surface area contributed by atoms with Gasteiger partial charge in [0.05, 0.1) is 13.2 Å². The van der Waals surface area contributed by atoms with Crippen LogP contribution in [-0.2, 0) is 4.74 Å². The molecule has 0 bridgehead atoms. The predicted molar refractivity (Wildman–Crippen MR) is 82.6 cm³/mol. The standard InChI is InChI=1S/C14H20BrClN2O/c1-10-9-19-7-6-18(10)5-4-14(17)12-3-2-11(15)8-13(12)16/h2-3,8,10,14H,4-7,9,17H2,1H3. The molecule has 0 amide bonds. The van der Waals surface area contributed by atoms with Crippen LogP contribution in [0.1, 0.15) is 24.9 Å². The van der Waals surface area contributed by atoms with Crippen LogP contribution in [0.2, 0.25) is 5.02 Å². The quantitative estimate of drug-likeness (QED) is 0.909. The van der Waals surface area contributed by atoms with E-state index >= 15 is 0 Å². The minimum Gasteiger partial charge on any atom is -0.379 e. The van der Waals surface area contributed by atoms with E-state index in [0.717, 1.165) is 47.8 Å². The fraction of sp³-hybridized carbons (Fsp3) is 0.571. The Balaban J connectivity index is 1.91. The highest BCUT2D eigenvalue weighted by Gasteiger charge is 2.20. The van der Waals surface area contributed by atoms with Crippen molar-refractivity contribution in [1.29, 1.82) is 0 Å². The number of halogens is 2. The average Bonchev–Trinajstić information content (AvgIpc) is 2.37. The molecule has 106 valence electrons. The molecule has 1 fully saturated rings. The van der Waals surface area contributed by atoms with Crippen molar-refractivity contribution in [1.82, 2.24) is 4.90 Å². The SMILES string of the molecule is CC1COCCN1CCC(N)c1ccc(Br)cc1Cl. The van der Waals surface area contributed by atoms with Gasteiger partial charge in [-0.15, -0.1) is 0 Å². The van der Waals surface area contributed by atoms with Crippen LogP contribution in [-0.4, -0.2) is 37.2 Å². The Hall–Kier alpha value is -0.130. The largest absolute Gasteiger partial charge is 0.379 e. The first-order valence-corrected chi connectivity index (χ1v) is 7.77. The van der Waals surface area contributed by atoms with E-state index in [1.54, 1.807) is 0 Å². The molecule has 3 nitrogen and oxygen atoms in total. The van der Waals surface area contributed by atoms with Crippen molar-refractivity contribution < 1.29 is 4.74 Å². The maximum Gasteiger partial charge on any atom is 0.0619 e. The molecule has 2 N–H and O–H groups in total. The summed E-state index contributed by atoms with van der Waals surface area (Å²) in [5, 5.41) is 0.733. The molecule has 1 aliphatic rings. The fourth-order valence-corrected chi connectivity index (χ4v) is 3.17. The van der Waals surface area contributed by atoms with Crippen molar-refractivity contribution >= 4 is 27.5 Å². The fourth-order valence-electron chi connectivity index (χ4n) is 2.36. The topological polar surface area (TPSA) is 38.5 Å². The monoisotopic (exact) mass is 346 g/mol. The van der Waals surface area contributed by atoms with Crippen LogP contribution in [0.4, 0.5) is 0 Å². The van der Waals surface area contributed by atoms with Crippen molar-refractivity contribution in [3.8, 4) is 0 Å². The molecule has 2 rings (SSSR count). The van der Waals surface area contributed by atoms with Crippen molar-refractivity contribution in [3.05, 3.63) is 33.3 Å². The number of nitrogens with zero attached hydrogens (tertiary/aromatic N) is 1. The normalized spacial score (nSPS) is 22.4. The van der Waals surface area contributed by atoms with E-state index < -0.39 is 0 Å². The Morgan fingerprint density at radius 3 is 3.05 bits per heavy atom. The van der Waals surface area contributed by atoms with Crippen LogP contribution in [0.25, 0.3) is 0 Å². The molecule has 1 aliphatic heterocycles. The van der Waals surface area contributed by atoms with Gasteiger partial charge >= 0.3 is 0 Å². The molecule has 2 atom stereocenters. The zero-order valence-electron chi connectivity index (χ0n) is 11.1. The van der Waals surface area contributed by atoms with Gasteiger partial charge in [-0.1, -0.05) is 33.6 Å². The zero-order valence-corrected chi connectivity index (χ0v) is 13.5. The van der Waals surface area contributed by atoms with E-state index in [1.807, 2.05) is 18.2 Å². The second-order valence-corrected chi connectivity index (χ2v) is 6.34. The summed E-state index contributed by atoms with van der Waals surface area (Å²) >= 11 is 9.64. The van der Waals surface area contributed by atoms with Gasteiger partial charge in [-0.25, -0.2) is 0 Å². The molecule has 1 aromatic carbocycles. The molecule has 19 heavy (non-hydrogen) atoms. The molecule has 0 spiro atoms. The lowest BCUT2D eigenvalue weighted by atomic mass is 10.0. The second kappa shape index (κ2) is 7.04. The highest BCUT2D eigenvalue weighted by Crippen LogP contribution is 2.27. The minimum atomic E-state index is -0.0179. The lowest BCUT2D eigenvalue weighted by molar-refractivity contribution is -0.00139. The third-order valence-electron chi connectivity index (χ3n) is 3.59. The zero-order chi connectivity index (χ0) is 13.8. The number of benzene rings is 1. The summed E-state index contributed by atoms with van der Waals surface area (Å²) in [4.78, 5) is 2.43. The highest BCUT2D eigenvalue weighted by molar-refractivity contribution is 9.10. The maximum absolute atomic E-state index is 6.25. The van der Waals surface area contributed by atoms with Gasteiger partial charge in [0.25, 0.3) is 0 Å². The van der Waals surface area contributed by atoms with Crippen molar-refractivity contribution in [3.63, 3.8) is 0 Å². The van der Waals surface area contributed by atoms with Gasteiger partial charge in [-0.3, -0.25) is 4.90 Å². The van der Waals surface area contributed by atoms with E-state index in [-0.39, 0.29) is 6.04 Å². The van der Waals surface area contributed by atoms with E-state index in [4.69, 9.17) is 22.1 Å². The molecule has 0 radical (unpaired) electrons. The van der Waals surface area contributed by atoms with Gasteiger partial charge in [-0.2, -0.15) is 0 Å². The van der Waals surface area contributed by atoms with Crippen LogP contribution >= 0.6 is 27.5 Å². The van der Waals surface area contributed by atoms with Gasteiger partial charge in [0.1, 0.15) is 0 Å². The first-order chi connectivity index (χ1) is 9.08. The molecule has 1 aromatic rings. The predicted octanol–water partition coefficient (Wildman–Crippen LogP) is 3.21. The third-order valence-corrected chi connectivity index (χ3v) is 4.42. The first-order valence-electron chi connectivity index (χ1n) is 6.60. The van der Waals surface area contributed by atoms with Crippen LogP contribution in [0.15, 0.2) is 22.7 Å². The number of ether oxygens (including phenoxy) is 1. The molecule has 0 saturated carbocycles. The van der Waals surface area contributed by atoms with Crippen LogP contribution in [0, 0.1) is 0 Å². The smallest absolute Gasteiger partial charge is 0.0619 e. The number of hydrogen-bond acceptors (Lipinski definition) is 3. The maximum atomic E-state index is 6.25. The molecular formula is C14H20BrClN2O. The van der Waals surface area contributed by atoms with E-state index in [9.17, 15) is 0 Å². The number of nitrogens with two attached hydrogens (primary N) is 1. The Bertz CT molecular complexity index is 430. The summed E-state index contributed by atoms with van der Waals surface area (Å²) in [5.74, 6) is 0. The van der Waals surface area contributed by atoms with Gasteiger partial charge in [0.2, 0.25) is 0 Å². The Kier molecular flexibility index (Phi) is 5.66. The summed E-state index contributed by atoms with van der Waals surface area (Å²) in [6, 6.07) is 6.34. The molecule has 1 heterocycles. The van der Waals surface area contributed by atoms with Crippen molar-refractivity contribution in [2.75, 3.05) is 26.3 Å². The number of hydrogen-bond donors (Lipinski definition) is 1. The van der Waals surface area contributed by atoms with Crippen LogP contribution in [0.3, 0.4) is 0 Å². The van der Waals surface area contributed by atoms with Crippen LogP contribution < -0.4 is 5.73 Å². The second-order valence-electron chi connectivity index (χ2n) is 5.02. The van der Waals surface area contributed by atoms with Gasteiger partial charge < -0.3 is 10.5 Å². The average molecular weight is 348 g/mol. The molecule has 1 saturated heterocycles. The summed E-state index contributed by atoms with van der Waals surface area (Å²) in [6.07, 6.45) is 0.908. The van der Waals surface area contributed by atoms with Crippen molar-refractivity contribution in [2.24, 2.45) is 5.73 Å². The number of morpholine rings is 1. The lowest BCUT2D eigenvalue weighted by Gasteiger charge is -2.33. The molecular weight excluding hydrogens is 328 g/mol. The van der Waals surface area contributed by atoms with Gasteiger partial charge in [0, 0.05) is 34.7 Å². The minimum absolute atomic E-state index is 0.0179. The molecule has 2 unspecified atom stereocenters. The summed E-state index contributed by atoms with van der Waals surface area (Å²) in [5.41, 5.74) is 7.27. The molecule has 0 aliphatic carbocycles. The Morgan fingerprint density at radius 2 is 2.37 bits per heavy atom. The lowest BCUT2D eigenvalue weighted by Crippen LogP contribution is -2.44. The Morgan fingerprint density at radius 1 is 1.58 bits per heavy atom. The summed E-state index contributed by atoms with van der Waals surface area (Å²) in [6.45, 7) is 5.80. The molecule has 5 heteroatoms. The van der Waals surface area contributed by atoms with Crippen molar-refractivity contribution in [2.45, 2.75) is 25.4 Å². The summed E-state index contributed by atoms with van der Waals surface area (Å²) in [7, 11) is 0. The summed E-state index contributed by atoms with van der Waals surface area (Å²) < 4.78 is 6.42. The number of rotatable bonds is 4. The van der Waals surface area contributed by atoms with Gasteiger partial charge in [-0.05, 0) is 31.0 Å². The Labute approximate surface area is 128 Å². The first kappa shape index (κ1) is 15.3. The van der Waals surface area contributed by atoms with Crippen LogP contribution in [0.5, 0.6) is 0 Å².